The Labute approximate surface area is 119 Å². The maximum atomic E-state index is 5.79. The molecule has 0 fully saturated rings. The second kappa shape index (κ2) is 7.43. The quantitative estimate of drug-likeness (QED) is 0.828. The molecule has 0 saturated heterocycles. The van der Waals surface area contributed by atoms with E-state index in [9.17, 15) is 0 Å². The summed E-state index contributed by atoms with van der Waals surface area (Å²) in [5.41, 5.74) is 2.54. The monoisotopic (exact) mass is 275 g/mol. The lowest BCUT2D eigenvalue weighted by Gasteiger charge is -2.03. The standard InChI is InChI=1S/C16H21NOS/c1-3-17-10-16-9-15(13(2)19-16)12-18-11-14-7-5-4-6-8-14/h4-9,17H,3,10-12H2,1-2H3. The molecule has 0 aliphatic carbocycles. The van der Waals surface area contributed by atoms with E-state index >= 15 is 0 Å². The highest BCUT2D eigenvalue weighted by molar-refractivity contribution is 7.12. The smallest absolute Gasteiger partial charge is 0.0732 e. The highest BCUT2D eigenvalue weighted by Crippen LogP contribution is 2.22. The van der Waals surface area contributed by atoms with E-state index in [-0.39, 0.29) is 0 Å². The molecule has 0 aliphatic heterocycles. The van der Waals surface area contributed by atoms with E-state index < -0.39 is 0 Å². The van der Waals surface area contributed by atoms with Gasteiger partial charge in [-0.05, 0) is 30.7 Å². The average Bonchev–Trinajstić information content (AvgIpc) is 2.78. The summed E-state index contributed by atoms with van der Waals surface area (Å²) in [6, 6.07) is 12.6. The molecule has 19 heavy (non-hydrogen) atoms. The molecule has 0 atom stereocenters. The Morgan fingerprint density at radius 3 is 2.68 bits per heavy atom. The summed E-state index contributed by atoms with van der Waals surface area (Å²) in [6.45, 7) is 7.64. The average molecular weight is 275 g/mol. The molecule has 1 aromatic carbocycles. The molecule has 2 rings (SSSR count). The van der Waals surface area contributed by atoms with Gasteiger partial charge in [0.15, 0.2) is 0 Å². The van der Waals surface area contributed by atoms with Crippen LogP contribution >= 0.6 is 11.3 Å². The van der Waals surface area contributed by atoms with Crippen molar-refractivity contribution in [1.29, 1.82) is 0 Å². The minimum absolute atomic E-state index is 0.679. The number of ether oxygens (including phenoxy) is 1. The van der Waals surface area contributed by atoms with Gasteiger partial charge in [0.25, 0.3) is 0 Å². The van der Waals surface area contributed by atoms with Crippen molar-refractivity contribution < 1.29 is 4.74 Å². The van der Waals surface area contributed by atoms with E-state index in [1.165, 1.54) is 20.9 Å². The molecule has 0 radical (unpaired) electrons. The van der Waals surface area contributed by atoms with E-state index in [1.807, 2.05) is 29.5 Å². The Bertz CT molecular complexity index is 493. The number of benzene rings is 1. The molecule has 2 nitrogen and oxygen atoms in total. The highest BCUT2D eigenvalue weighted by atomic mass is 32.1. The van der Waals surface area contributed by atoms with Crippen LogP contribution in [-0.2, 0) is 24.5 Å². The molecule has 3 heteroatoms. The van der Waals surface area contributed by atoms with Crippen molar-refractivity contribution in [3.05, 3.63) is 57.3 Å². The van der Waals surface area contributed by atoms with Gasteiger partial charge in [0.2, 0.25) is 0 Å². The minimum Gasteiger partial charge on any atom is -0.372 e. The van der Waals surface area contributed by atoms with Crippen LogP contribution in [0.2, 0.25) is 0 Å². The zero-order valence-corrected chi connectivity index (χ0v) is 12.4. The second-order valence-electron chi connectivity index (χ2n) is 4.55. The van der Waals surface area contributed by atoms with Gasteiger partial charge in [-0.3, -0.25) is 0 Å². The number of thiophene rings is 1. The van der Waals surface area contributed by atoms with Gasteiger partial charge in [0.05, 0.1) is 13.2 Å². The topological polar surface area (TPSA) is 21.3 Å². The van der Waals surface area contributed by atoms with Crippen molar-refractivity contribution in [1.82, 2.24) is 5.32 Å². The number of hydrogen-bond donors (Lipinski definition) is 1. The van der Waals surface area contributed by atoms with Gasteiger partial charge in [0.1, 0.15) is 0 Å². The number of rotatable bonds is 7. The third kappa shape index (κ3) is 4.46. The van der Waals surface area contributed by atoms with E-state index in [0.29, 0.717) is 13.2 Å². The summed E-state index contributed by atoms with van der Waals surface area (Å²) in [6.07, 6.45) is 0. The summed E-state index contributed by atoms with van der Waals surface area (Å²) in [7, 11) is 0. The molecular weight excluding hydrogens is 254 g/mol. The Hall–Kier alpha value is -1.16. The second-order valence-corrected chi connectivity index (χ2v) is 5.89. The molecule has 1 aromatic heterocycles. The third-order valence-electron chi connectivity index (χ3n) is 2.99. The van der Waals surface area contributed by atoms with Gasteiger partial charge in [-0.25, -0.2) is 0 Å². The molecule has 0 spiro atoms. The van der Waals surface area contributed by atoms with Crippen molar-refractivity contribution >= 4 is 11.3 Å². The summed E-state index contributed by atoms with van der Waals surface area (Å²) in [4.78, 5) is 2.75. The van der Waals surface area contributed by atoms with Crippen molar-refractivity contribution in [3.63, 3.8) is 0 Å². The Morgan fingerprint density at radius 1 is 1.16 bits per heavy atom. The van der Waals surface area contributed by atoms with Crippen LogP contribution < -0.4 is 5.32 Å². The fourth-order valence-corrected chi connectivity index (χ4v) is 2.94. The van der Waals surface area contributed by atoms with E-state index in [1.54, 1.807) is 0 Å². The van der Waals surface area contributed by atoms with Crippen LogP contribution in [-0.4, -0.2) is 6.54 Å². The summed E-state index contributed by atoms with van der Waals surface area (Å²) in [5.74, 6) is 0. The minimum atomic E-state index is 0.679. The Kier molecular flexibility index (Phi) is 5.58. The summed E-state index contributed by atoms with van der Waals surface area (Å²) in [5, 5.41) is 3.36. The molecule has 0 unspecified atom stereocenters. The van der Waals surface area contributed by atoms with Gasteiger partial charge in [-0.1, -0.05) is 37.3 Å². The zero-order chi connectivity index (χ0) is 13.5. The van der Waals surface area contributed by atoms with Crippen LogP contribution in [0.3, 0.4) is 0 Å². The van der Waals surface area contributed by atoms with Crippen LogP contribution in [0.25, 0.3) is 0 Å². The Balaban J connectivity index is 1.84. The normalized spacial score (nSPS) is 10.8. The predicted molar refractivity (Wildman–Crippen MR) is 81.4 cm³/mol. The van der Waals surface area contributed by atoms with Gasteiger partial charge in [0, 0.05) is 16.3 Å². The van der Waals surface area contributed by atoms with E-state index in [2.05, 4.69) is 37.4 Å². The molecule has 2 aromatic rings. The maximum Gasteiger partial charge on any atom is 0.0732 e. The largest absolute Gasteiger partial charge is 0.372 e. The van der Waals surface area contributed by atoms with Gasteiger partial charge in [-0.2, -0.15) is 0 Å². The van der Waals surface area contributed by atoms with Gasteiger partial charge >= 0.3 is 0 Å². The molecule has 1 N–H and O–H groups in total. The number of hydrogen-bond acceptors (Lipinski definition) is 3. The first-order chi connectivity index (χ1) is 9.29. The van der Waals surface area contributed by atoms with Gasteiger partial charge in [-0.15, -0.1) is 11.3 Å². The third-order valence-corrected chi connectivity index (χ3v) is 4.08. The molecular formula is C16H21NOS. The van der Waals surface area contributed by atoms with Crippen LogP contribution in [0.15, 0.2) is 36.4 Å². The first kappa shape index (κ1) is 14.3. The fraction of sp³-hybridized carbons (Fsp3) is 0.375. The molecule has 0 saturated carbocycles. The van der Waals surface area contributed by atoms with E-state index in [0.717, 1.165) is 13.1 Å². The SMILES string of the molecule is CCNCc1cc(COCc2ccccc2)c(C)s1. The van der Waals surface area contributed by atoms with Crippen molar-refractivity contribution in [2.45, 2.75) is 33.6 Å². The first-order valence-electron chi connectivity index (χ1n) is 6.70. The Morgan fingerprint density at radius 2 is 1.95 bits per heavy atom. The first-order valence-corrected chi connectivity index (χ1v) is 7.52. The van der Waals surface area contributed by atoms with Crippen LogP contribution in [0.1, 0.15) is 27.8 Å². The zero-order valence-electron chi connectivity index (χ0n) is 11.6. The molecule has 102 valence electrons. The summed E-state index contributed by atoms with van der Waals surface area (Å²) >= 11 is 1.86. The molecule has 1 heterocycles. The van der Waals surface area contributed by atoms with Crippen molar-refractivity contribution in [2.75, 3.05) is 6.54 Å². The summed E-state index contributed by atoms with van der Waals surface area (Å²) < 4.78 is 5.79. The fourth-order valence-electron chi connectivity index (χ4n) is 1.92. The molecule has 0 amide bonds. The van der Waals surface area contributed by atoms with Crippen LogP contribution in [0.4, 0.5) is 0 Å². The predicted octanol–water partition coefficient (Wildman–Crippen LogP) is 3.88. The maximum absolute atomic E-state index is 5.79. The lowest BCUT2D eigenvalue weighted by atomic mass is 10.2. The van der Waals surface area contributed by atoms with Crippen molar-refractivity contribution in [2.24, 2.45) is 0 Å². The van der Waals surface area contributed by atoms with Crippen molar-refractivity contribution in [3.8, 4) is 0 Å². The van der Waals surface area contributed by atoms with Crippen LogP contribution in [0, 0.1) is 6.92 Å². The van der Waals surface area contributed by atoms with Gasteiger partial charge < -0.3 is 10.1 Å². The molecule has 0 aliphatic rings. The highest BCUT2D eigenvalue weighted by Gasteiger charge is 2.05. The lowest BCUT2D eigenvalue weighted by Crippen LogP contribution is -2.10. The number of aryl methyl sites for hydroxylation is 1. The number of nitrogens with one attached hydrogen (secondary N) is 1. The molecule has 0 bridgehead atoms. The lowest BCUT2D eigenvalue weighted by molar-refractivity contribution is 0.107. The van der Waals surface area contributed by atoms with E-state index in [4.69, 9.17) is 4.74 Å². The van der Waals surface area contributed by atoms with Crippen LogP contribution in [0.5, 0.6) is 0 Å².